The van der Waals surface area contributed by atoms with Gasteiger partial charge in [0.15, 0.2) is 0 Å². The molecule has 1 aromatic carbocycles. The van der Waals surface area contributed by atoms with Gasteiger partial charge in [0.25, 0.3) is 0 Å². The maximum Gasteiger partial charge on any atom is 0.0743 e. The van der Waals surface area contributed by atoms with Gasteiger partial charge in [-0.3, -0.25) is 16.3 Å². The fourth-order valence-corrected chi connectivity index (χ4v) is 3.67. The van der Waals surface area contributed by atoms with Gasteiger partial charge in [-0.2, -0.15) is 0 Å². The fraction of sp³-hybridized carbons (Fsp3) is 0.167. The number of nitrogens with one attached hydrogen (secondary N) is 1. The number of fused-ring (bicyclic) bond motifs is 1. The minimum atomic E-state index is 0.570. The number of rotatable bonds is 5. The predicted octanol–water partition coefficient (Wildman–Crippen LogP) is 4.94. The van der Waals surface area contributed by atoms with Crippen molar-refractivity contribution in [3.05, 3.63) is 89.8 Å². The normalized spacial score (nSPS) is 13.9. The first-order valence-corrected chi connectivity index (χ1v) is 9.63. The number of hydrogen-bond acceptors (Lipinski definition) is 4. The van der Waals surface area contributed by atoms with Crippen LogP contribution in [0.5, 0.6) is 0 Å². The summed E-state index contributed by atoms with van der Waals surface area (Å²) in [6.45, 7) is 2.79. The number of nitrogens with zero attached hydrogens (tertiary/aromatic N) is 2. The number of benzene rings is 1. The molecule has 0 unspecified atom stereocenters. The molecule has 0 radical (unpaired) electrons. The molecular weight excluding hydrogens is 344 g/mol. The number of hydrogen-bond donors (Lipinski definition) is 2. The molecule has 2 heterocycles. The molecule has 0 saturated carbocycles. The van der Waals surface area contributed by atoms with Crippen LogP contribution in [0, 0.1) is 0 Å². The molecular formula is C24H24N4. The Bertz CT molecular complexity index is 1080. The second kappa shape index (κ2) is 8.30. The monoisotopic (exact) mass is 368 g/mol. The summed E-state index contributed by atoms with van der Waals surface area (Å²) in [5.41, 5.74) is 10.8. The summed E-state index contributed by atoms with van der Waals surface area (Å²) >= 11 is 0. The highest BCUT2D eigenvalue weighted by Crippen LogP contribution is 2.30. The quantitative estimate of drug-likeness (QED) is 0.494. The Morgan fingerprint density at radius 2 is 1.89 bits per heavy atom. The SMILES string of the molecule is CCC1=C(c2ccc(-c3cc(CNN)c4cnccc4n3)cc2)C=CC=CC1. The molecule has 0 amide bonds. The number of nitrogens with two attached hydrogens (primary N) is 1. The van der Waals surface area contributed by atoms with Crippen molar-refractivity contribution in [2.45, 2.75) is 26.3 Å². The van der Waals surface area contributed by atoms with Crippen molar-refractivity contribution in [1.29, 1.82) is 0 Å². The maximum atomic E-state index is 5.57. The van der Waals surface area contributed by atoms with Crippen molar-refractivity contribution >= 4 is 16.5 Å². The van der Waals surface area contributed by atoms with Gasteiger partial charge >= 0.3 is 0 Å². The summed E-state index contributed by atoms with van der Waals surface area (Å²) in [5, 5.41) is 1.02. The number of aromatic nitrogens is 2. The second-order valence-electron chi connectivity index (χ2n) is 6.88. The van der Waals surface area contributed by atoms with Crippen LogP contribution in [0.1, 0.15) is 30.9 Å². The van der Waals surface area contributed by atoms with Crippen LogP contribution < -0.4 is 11.3 Å². The van der Waals surface area contributed by atoms with E-state index in [4.69, 9.17) is 10.8 Å². The molecule has 2 aromatic heterocycles. The molecule has 28 heavy (non-hydrogen) atoms. The Morgan fingerprint density at radius 1 is 1.07 bits per heavy atom. The molecule has 0 spiro atoms. The summed E-state index contributed by atoms with van der Waals surface area (Å²) in [4.78, 5) is 9.05. The van der Waals surface area contributed by atoms with Gasteiger partial charge in [0.2, 0.25) is 0 Å². The lowest BCUT2D eigenvalue weighted by Gasteiger charge is -2.12. The smallest absolute Gasteiger partial charge is 0.0743 e. The molecule has 0 bridgehead atoms. The van der Waals surface area contributed by atoms with Gasteiger partial charge in [-0.15, -0.1) is 0 Å². The van der Waals surface area contributed by atoms with Gasteiger partial charge in [-0.25, -0.2) is 4.98 Å². The molecule has 0 fully saturated rings. The van der Waals surface area contributed by atoms with Gasteiger partial charge in [-0.1, -0.05) is 61.1 Å². The molecule has 4 rings (SSSR count). The molecule has 0 saturated heterocycles. The molecule has 1 aliphatic rings. The maximum absolute atomic E-state index is 5.57. The zero-order valence-corrected chi connectivity index (χ0v) is 16.0. The highest BCUT2D eigenvalue weighted by atomic mass is 15.2. The van der Waals surface area contributed by atoms with Crippen LogP contribution in [0.25, 0.3) is 27.7 Å². The molecule has 140 valence electrons. The summed E-state index contributed by atoms with van der Waals surface area (Å²) in [6, 6.07) is 12.7. The Hall–Kier alpha value is -3.08. The minimum Gasteiger partial charge on any atom is -0.271 e. The van der Waals surface area contributed by atoms with E-state index in [1.807, 2.05) is 12.3 Å². The molecule has 1 aliphatic carbocycles. The summed E-state index contributed by atoms with van der Waals surface area (Å²) < 4.78 is 0. The Kier molecular flexibility index (Phi) is 5.42. The number of hydrazine groups is 1. The van der Waals surface area contributed by atoms with Crippen LogP contribution in [0.2, 0.25) is 0 Å². The van der Waals surface area contributed by atoms with Gasteiger partial charge in [-0.05, 0) is 41.7 Å². The first kappa shape index (κ1) is 18.3. The van der Waals surface area contributed by atoms with Gasteiger partial charge in [0.05, 0.1) is 11.2 Å². The van der Waals surface area contributed by atoms with E-state index in [-0.39, 0.29) is 0 Å². The number of allylic oxidation sites excluding steroid dienone is 6. The van der Waals surface area contributed by atoms with Crippen LogP contribution in [0.15, 0.2) is 78.7 Å². The Labute approximate surface area is 165 Å². The van der Waals surface area contributed by atoms with Crippen molar-refractivity contribution in [3.63, 3.8) is 0 Å². The molecule has 3 aromatic rings. The minimum absolute atomic E-state index is 0.570. The molecule has 4 nitrogen and oxygen atoms in total. The van der Waals surface area contributed by atoms with Gasteiger partial charge in [0, 0.05) is 29.9 Å². The average Bonchev–Trinajstić information content (AvgIpc) is 2.99. The van der Waals surface area contributed by atoms with E-state index in [9.17, 15) is 0 Å². The fourth-order valence-electron chi connectivity index (χ4n) is 3.67. The lowest BCUT2D eigenvalue weighted by molar-refractivity contribution is 0.745. The largest absolute Gasteiger partial charge is 0.271 e. The third kappa shape index (κ3) is 3.65. The standard InChI is InChI=1S/C24H24N4/c1-2-17-6-4-3-5-7-21(17)18-8-10-19(11-9-18)24-14-20(15-27-25)22-16-26-13-12-23(22)28-24/h3-5,7-14,16,27H,2,6,15,25H2,1H3. The van der Waals surface area contributed by atoms with Crippen molar-refractivity contribution in [1.82, 2.24) is 15.4 Å². The van der Waals surface area contributed by atoms with Crippen LogP contribution in [-0.2, 0) is 6.54 Å². The predicted molar refractivity (Wildman–Crippen MR) is 116 cm³/mol. The van der Waals surface area contributed by atoms with E-state index >= 15 is 0 Å². The molecule has 0 atom stereocenters. The summed E-state index contributed by atoms with van der Waals surface area (Å²) in [5.74, 6) is 5.57. The van der Waals surface area contributed by atoms with Crippen LogP contribution in [0.3, 0.4) is 0 Å². The lowest BCUT2D eigenvalue weighted by atomic mass is 9.95. The van der Waals surface area contributed by atoms with E-state index in [1.54, 1.807) is 6.20 Å². The van der Waals surface area contributed by atoms with E-state index in [0.29, 0.717) is 6.54 Å². The zero-order chi connectivity index (χ0) is 19.3. The van der Waals surface area contributed by atoms with E-state index in [0.717, 1.165) is 40.6 Å². The molecule has 4 heteroatoms. The van der Waals surface area contributed by atoms with Crippen LogP contribution in [-0.4, -0.2) is 9.97 Å². The lowest BCUT2D eigenvalue weighted by Crippen LogP contribution is -2.21. The molecule has 0 aliphatic heterocycles. The Balaban J connectivity index is 1.74. The third-order valence-electron chi connectivity index (χ3n) is 5.16. The topological polar surface area (TPSA) is 63.8 Å². The van der Waals surface area contributed by atoms with E-state index in [2.05, 4.69) is 72.0 Å². The summed E-state index contributed by atoms with van der Waals surface area (Å²) in [6.07, 6.45) is 14.4. The van der Waals surface area contributed by atoms with E-state index in [1.165, 1.54) is 16.7 Å². The van der Waals surface area contributed by atoms with Crippen molar-refractivity contribution in [2.75, 3.05) is 0 Å². The third-order valence-corrected chi connectivity index (χ3v) is 5.16. The van der Waals surface area contributed by atoms with Gasteiger partial charge < -0.3 is 0 Å². The highest BCUT2D eigenvalue weighted by Gasteiger charge is 2.10. The van der Waals surface area contributed by atoms with Crippen LogP contribution in [0.4, 0.5) is 0 Å². The molecule has 3 N–H and O–H groups in total. The second-order valence-corrected chi connectivity index (χ2v) is 6.88. The first-order chi connectivity index (χ1) is 13.8. The van der Waals surface area contributed by atoms with Gasteiger partial charge in [0.1, 0.15) is 0 Å². The van der Waals surface area contributed by atoms with E-state index < -0.39 is 0 Å². The van der Waals surface area contributed by atoms with Crippen LogP contribution >= 0.6 is 0 Å². The Morgan fingerprint density at radius 3 is 2.68 bits per heavy atom. The van der Waals surface area contributed by atoms with Crippen molar-refractivity contribution in [2.24, 2.45) is 5.84 Å². The first-order valence-electron chi connectivity index (χ1n) is 9.63. The average molecular weight is 368 g/mol. The van der Waals surface area contributed by atoms with Crippen molar-refractivity contribution in [3.8, 4) is 11.3 Å². The van der Waals surface area contributed by atoms with Crippen molar-refractivity contribution < 1.29 is 0 Å². The highest BCUT2D eigenvalue weighted by molar-refractivity contribution is 5.85. The summed E-state index contributed by atoms with van der Waals surface area (Å²) in [7, 11) is 0. The zero-order valence-electron chi connectivity index (χ0n) is 16.0. The number of pyridine rings is 2.